The molecule has 0 N–H and O–H groups in total. The van der Waals surface area contributed by atoms with Crippen LogP contribution in [0.1, 0.15) is 26.3 Å². The summed E-state index contributed by atoms with van der Waals surface area (Å²) in [6, 6.07) is 105. The second-order valence-corrected chi connectivity index (χ2v) is 22.8. The molecule has 0 saturated carbocycles. The Morgan fingerprint density at radius 1 is 0.277 bits per heavy atom. The van der Waals surface area contributed by atoms with Crippen molar-refractivity contribution in [1.29, 1.82) is 0 Å². The summed E-state index contributed by atoms with van der Waals surface area (Å²) in [5.41, 5.74) is 19.7. The maximum atomic E-state index is 7.38. The summed E-state index contributed by atoms with van der Waals surface area (Å²) >= 11 is 0. The molecule has 83 heavy (non-hydrogen) atoms. The summed E-state index contributed by atoms with van der Waals surface area (Å²) < 4.78 is 14.8. The predicted octanol–water partition coefficient (Wildman–Crippen LogP) is 19.6. The van der Waals surface area contributed by atoms with Crippen LogP contribution in [0.25, 0.3) is 66.1 Å². The van der Waals surface area contributed by atoms with Gasteiger partial charge < -0.3 is 19.3 Å². The van der Waals surface area contributed by atoms with Crippen molar-refractivity contribution in [3.63, 3.8) is 0 Å². The van der Waals surface area contributed by atoms with Crippen LogP contribution in [0.3, 0.4) is 0 Å². The third-order valence-electron chi connectivity index (χ3n) is 16.6. The van der Waals surface area contributed by atoms with Gasteiger partial charge in [0.1, 0.15) is 23.0 Å². The molecule has 0 radical (unpaired) electrons. The highest BCUT2D eigenvalue weighted by molar-refractivity contribution is 6.98. The van der Waals surface area contributed by atoms with Gasteiger partial charge in [0.15, 0.2) is 0 Å². The van der Waals surface area contributed by atoms with Crippen molar-refractivity contribution in [3.05, 3.63) is 297 Å². The van der Waals surface area contributed by atoms with Crippen LogP contribution in [0.4, 0.5) is 34.1 Å². The molecule has 394 valence electrons. The Labute approximate surface area is 485 Å². The molecule has 2 aliphatic rings. The van der Waals surface area contributed by atoms with Crippen LogP contribution in [0, 0.1) is 0 Å². The molecule has 0 unspecified atom stereocenters. The Balaban J connectivity index is 0.961. The highest BCUT2D eigenvalue weighted by atomic mass is 16.5. The molecule has 0 atom stereocenters. The lowest BCUT2D eigenvalue weighted by molar-refractivity contribution is 0.465. The number of rotatable bonds is 10. The minimum atomic E-state index is -0.184. The van der Waals surface area contributed by atoms with Crippen molar-refractivity contribution in [3.8, 4) is 67.5 Å². The van der Waals surface area contributed by atoms with Crippen LogP contribution in [-0.4, -0.2) is 6.71 Å². The van der Waals surface area contributed by atoms with Gasteiger partial charge in [-0.1, -0.05) is 209 Å². The van der Waals surface area contributed by atoms with Gasteiger partial charge in [0.05, 0.1) is 0 Å². The smallest absolute Gasteiger partial charge is 0.260 e. The van der Waals surface area contributed by atoms with Gasteiger partial charge >= 0.3 is 0 Å². The number of fused-ring (bicyclic) bond motifs is 6. The average Bonchev–Trinajstić information content (AvgIpc) is 2.38. The van der Waals surface area contributed by atoms with Crippen molar-refractivity contribution in [2.45, 2.75) is 26.2 Å². The first kappa shape index (κ1) is 49.7. The van der Waals surface area contributed by atoms with Gasteiger partial charge in [-0.3, -0.25) is 0 Å². The molecule has 0 bridgehead atoms. The summed E-state index contributed by atoms with van der Waals surface area (Å²) in [7, 11) is 0. The van der Waals surface area contributed by atoms with E-state index in [1.807, 2.05) is 0 Å². The van der Waals surface area contributed by atoms with Crippen LogP contribution in [0.5, 0.6) is 23.0 Å². The summed E-state index contributed by atoms with van der Waals surface area (Å²) in [4.78, 5) is 4.60. The minimum absolute atomic E-state index is 0.0484. The monoisotopic (exact) mass is 1060 g/mol. The fourth-order valence-corrected chi connectivity index (χ4v) is 12.7. The van der Waals surface area contributed by atoms with Crippen LogP contribution in [-0.2, 0) is 5.41 Å². The van der Waals surface area contributed by atoms with E-state index in [0.717, 1.165) is 101 Å². The maximum absolute atomic E-state index is 7.38. The van der Waals surface area contributed by atoms with E-state index in [4.69, 9.17) is 9.47 Å². The lowest BCUT2D eigenvalue weighted by Gasteiger charge is -2.35. The number of nitrogens with zero attached hydrogens (tertiary/aromatic N) is 2. The quantitative estimate of drug-likeness (QED) is 0.101. The molecule has 15 rings (SSSR count). The van der Waals surface area contributed by atoms with E-state index < -0.39 is 0 Å². The zero-order valence-electron chi connectivity index (χ0n) is 46.5. The summed E-state index contributed by atoms with van der Waals surface area (Å²) in [6.07, 6.45) is 0. The van der Waals surface area contributed by atoms with Crippen molar-refractivity contribution >= 4 is 78.8 Å². The van der Waals surface area contributed by atoms with E-state index in [0.29, 0.717) is 0 Å². The molecule has 0 spiro atoms. The van der Waals surface area contributed by atoms with Gasteiger partial charge in [0.2, 0.25) is 0 Å². The van der Waals surface area contributed by atoms with E-state index in [1.54, 1.807) is 0 Å². The normalized spacial score (nSPS) is 12.2. The summed E-state index contributed by atoms with van der Waals surface area (Å²) in [5.74, 6) is 3.15. The molecule has 0 fully saturated rings. The standard InChI is InChI=1S/C78H57BN2O2/c1-78(2,3)58-27-23-26-53(47-58)54-44-55(46-57(45-54)76-67-38-21-19-36-65(67)75(52-24-9-4-10-25-52)66-37-20-22-39-68(66)76)56-48-73-77-74(49-56)83-72-51-64(81(61-32-15-7-16-33-61)62-34-17-8-18-35-62)41-43-70(72)79(77)69-42-40-63(50-71(69)82-73)80(59-28-11-5-12-29-59)60-30-13-6-14-31-60/h4-51H,1-3H3. The molecule has 0 saturated heterocycles. The van der Waals surface area contributed by atoms with Crippen LogP contribution in [0.15, 0.2) is 291 Å². The third-order valence-corrected chi connectivity index (χ3v) is 16.6. The Bertz CT molecular complexity index is 4310. The minimum Gasteiger partial charge on any atom is -0.458 e. The van der Waals surface area contributed by atoms with E-state index in [1.165, 1.54) is 43.8 Å². The molecule has 2 heterocycles. The number of hydrogen-bond donors (Lipinski definition) is 0. The first-order chi connectivity index (χ1) is 40.8. The van der Waals surface area contributed by atoms with E-state index >= 15 is 0 Å². The molecule has 0 aromatic heterocycles. The van der Waals surface area contributed by atoms with Crippen LogP contribution in [0.2, 0.25) is 0 Å². The van der Waals surface area contributed by atoms with Gasteiger partial charge in [-0.15, -0.1) is 0 Å². The SMILES string of the molecule is CC(C)(C)c1cccc(-c2cc(-c3cc4c5c(c3)Oc3cc(N(c6ccccc6)c6ccccc6)ccc3B5c3ccc(N(c5ccccc5)c5ccccc5)cc3O4)cc(-c3c4ccccc4c(-c4ccccc4)c4ccccc34)c2)c1. The zero-order valence-corrected chi connectivity index (χ0v) is 46.5. The topological polar surface area (TPSA) is 24.9 Å². The van der Waals surface area contributed by atoms with Gasteiger partial charge in [-0.05, 0) is 179 Å². The molecule has 2 aliphatic heterocycles. The lowest BCUT2D eigenvalue weighted by Crippen LogP contribution is -2.57. The largest absolute Gasteiger partial charge is 0.458 e. The fraction of sp³-hybridized carbons (Fsp3) is 0.0513. The summed E-state index contributed by atoms with van der Waals surface area (Å²) in [6.45, 7) is 6.68. The van der Waals surface area contributed by atoms with E-state index in [9.17, 15) is 0 Å². The highest BCUT2D eigenvalue weighted by Gasteiger charge is 2.41. The molecular formula is C78H57BN2O2. The molecular weight excluding hydrogens is 1010 g/mol. The zero-order chi connectivity index (χ0) is 55.6. The lowest BCUT2D eigenvalue weighted by atomic mass is 9.35. The van der Waals surface area contributed by atoms with Gasteiger partial charge in [-0.2, -0.15) is 0 Å². The van der Waals surface area contributed by atoms with Crippen LogP contribution >= 0.6 is 0 Å². The van der Waals surface area contributed by atoms with Crippen molar-refractivity contribution in [1.82, 2.24) is 0 Å². The van der Waals surface area contributed by atoms with Gasteiger partial charge in [0, 0.05) is 51.7 Å². The molecule has 0 aliphatic carbocycles. The van der Waals surface area contributed by atoms with Crippen molar-refractivity contribution in [2.24, 2.45) is 0 Å². The Kier molecular flexibility index (Phi) is 12.2. The molecule has 0 amide bonds. The first-order valence-electron chi connectivity index (χ1n) is 28.7. The van der Waals surface area contributed by atoms with Gasteiger partial charge in [0.25, 0.3) is 6.71 Å². The second-order valence-electron chi connectivity index (χ2n) is 22.8. The first-order valence-corrected chi connectivity index (χ1v) is 28.7. The molecule has 13 aromatic rings. The number of ether oxygens (including phenoxy) is 2. The predicted molar refractivity (Wildman–Crippen MR) is 349 cm³/mol. The summed E-state index contributed by atoms with van der Waals surface area (Å²) in [5, 5.41) is 4.83. The third kappa shape index (κ3) is 8.90. The molecule has 5 heteroatoms. The Morgan fingerprint density at radius 3 is 1.07 bits per heavy atom. The van der Waals surface area contributed by atoms with E-state index in [-0.39, 0.29) is 12.1 Å². The average molecular weight is 1070 g/mol. The van der Waals surface area contributed by atoms with Crippen molar-refractivity contribution < 1.29 is 9.47 Å². The number of hydrogen-bond acceptors (Lipinski definition) is 4. The molecule has 13 aromatic carbocycles. The van der Waals surface area contributed by atoms with Crippen molar-refractivity contribution in [2.75, 3.05) is 9.80 Å². The Hall–Kier alpha value is -10.4. The second kappa shape index (κ2) is 20.3. The van der Waals surface area contributed by atoms with Crippen LogP contribution < -0.4 is 35.7 Å². The Morgan fingerprint density at radius 2 is 0.639 bits per heavy atom. The fourth-order valence-electron chi connectivity index (χ4n) is 12.7. The maximum Gasteiger partial charge on any atom is 0.260 e. The van der Waals surface area contributed by atoms with Gasteiger partial charge in [-0.25, -0.2) is 0 Å². The highest BCUT2D eigenvalue weighted by Crippen LogP contribution is 2.48. The molecule has 4 nitrogen and oxygen atoms in total. The number of anilines is 6. The van der Waals surface area contributed by atoms with E-state index in [2.05, 4.69) is 322 Å². The number of para-hydroxylation sites is 4. The number of benzene rings is 13.